The van der Waals surface area contributed by atoms with Crippen molar-refractivity contribution in [3.63, 3.8) is 0 Å². The topological polar surface area (TPSA) is 12.2 Å². The van der Waals surface area contributed by atoms with Crippen LogP contribution in [0.3, 0.4) is 0 Å². The number of fused-ring (bicyclic) bond motifs is 1. The largest absolute Gasteiger partial charge is 0.496 e. The molecule has 0 spiro atoms. The summed E-state index contributed by atoms with van der Waals surface area (Å²) in [4.78, 5) is 0. The minimum absolute atomic E-state index is 0.942. The molecule has 0 bridgehead atoms. The highest BCUT2D eigenvalue weighted by Crippen LogP contribution is 2.26. The molecule has 1 heterocycles. The lowest BCUT2D eigenvalue weighted by Gasteiger charge is -2.14. The summed E-state index contributed by atoms with van der Waals surface area (Å²) in [5, 5.41) is 0. The summed E-state index contributed by atoms with van der Waals surface area (Å²) in [5.41, 5.74) is 3.74. The number of hydrogen-bond acceptors (Lipinski definition) is 1. The smallest absolute Gasteiger partial charge is 0.206 e. The fraction of sp³-hybridized carbons (Fsp3) is 0.188. The molecule has 3 heteroatoms. The highest BCUT2D eigenvalue weighted by atomic mass is 79.9. The van der Waals surface area contributed by atoms with Gasteiger partial charge in [-0.3, -0.25) is 0 Å². The predicted octanol–water partition coefficient (Wildman–Crippen LogP) is 3.78. The highest BCUT2D eigenvalue weighted by molar-refractivity contribution is 9.10. The standard InChI is InChI=1S/C16H15BrNO/c1-19-16-7-2-4-12-8-9-18(11-15(12)16)14-6-3-5-13(17)10-14/h2-7,10-11H,8-9H2,1H3/q+1. The summed E-state index contributed by atoms with van der Waals surface area (Å²) < 4.78 is 8.83. The molecule has 1 aliphatic heterocycles. The predicted molar refractivity (Wildman–Crippen MR) is 80.8 cm³/mol. The molecule has 0 N–H and O–H groups in total. The van der Waals surface area contributed by atoms with E-state index >= 15 is 0 Å². The van der Waals surface area contributed by atoms with Crippen molar-refractivity contribution >= 4 is 27.8 Å². The van der Waals surface area contributed by atoms with Gasteiger partial charge < -0.3 is 4.74 Å². The van der Waals surface area contributed by atoms with E-state index in [1.165, 1.54) is 16.8 Å². The van der Waals surface area contributed by atoms with Crippen molar-refractivity contribution in [2.75, 3.05) is 13.7 Å². The first-order chi connectivity index (χ1) is 9.28. The zero-order valence-electron chi connectivity index (χ0n) is 10.8. The molecule has 0 saturated carbocycles. The maximum Gasteiger partial charge on any atom is 0.206 e. The summed E-state index contributed by atoms with van der Waals surface area (Å²) in [6.45, 7) is 0.997. The van der Waals surface area contributed by atoms with Gasteiger partial charge in [0.05, 0.1) is 12.7 Å². The molecule has 0 amide bonds. The normalized spacial score (nSPS) is 13.7. The van der Waals surface area contributed by atoms with E-state index in [2.05, 4.69) is 57.1 Å². The number of nitrogens with zero attached hydrogens (tertiary/aromatic N) is 1. The number of halogens is 1. The second-order valence-electron chi connectivity index (χ2n) is 4.59. The SMILES string of the molecule is COc1cccc2c1C=[N+](c1cccc(Br)c1)CC2. The van der Waals surface area contributed by atoms with Crippen LogP contribution in [-0.2, 0) is 6.42 Å². The Kier molecular flexibility index (Phi) is 3.38. The minimum Gasteiger partial charge on any atom is -0.496 e. The maximum atomic E-state index is 5.45. The van der Waals surface area contributed by atoms with E-state index in [0.717, 1.165) is 23.2 Å². The molecular formula is C16H15BrNO+. The Morgan fingerprint density at radius 2 is 2.00 bits per heavy atom. The Morgan fingerprint density at radius 1 is 1.16 bits per heavy atom. The number of rotatable bonds is 2. The number of ether oxygens (including phenoxy) is 1. The Morgan fingerprint density at radius 3 is 2.79 bits per heavy atom. The summed E-state index contributed by atoms with van der Waals surface area (Å²) in [6, 6.07) is 14.6. The summed E-state index contributed by atoms with van der Waals surface area (Å²) in [7, 11) is 1.72. The lowest BCUT2D eigenvalue weighted by atomic mass is 10.0. The third-order valence-electron chi connectivity index (χ3n) is 3.42. The second-order valence-corrected chi connectivity index (χ2v) is 5.50. The van der Waals surface area contributed by atoms with Crippen molar-refractivity contribution in [3.05, 3.63) is 58.1 Å². The van der Waals surface area contributed by atoms with Crippen LogP contribution in [0.25, 0.3) is 0 Å². The Hall–Kier alpha value is -1.61. The van der Waals surface area contributed by atoms with Gasteiger partial charge in [-0.05, 0) is 17.7 Å². The van der Waals surface area contributed by atoms with Crippen LogP contribution in [0.2, 0.25) is 0 Å². The molecule has 0 unspecified atom stereocenters. The zero-order chi connectivity index (χ0) is 13.2. The van der Waals surface area contributed by atoms with Crippen molar-refractivity contribution in [1.29, 1.82) is 0 Å². The first-order valence-electron chi connectivity index (χ1n) is 6.31. The molecule has 0 radical (unpaired) electrons. The first kappa shape index (κ1) is 12.4. The van der Waals surface area contributed by atoms with Gasteiger partial charge in [0.2, 0.25) is 5.69 Å². The number of benzene rings is 2. The van der Waals surface area contributed by atoms with E-state index in [9.17, 15) is 0 Å². The first-order valence-corrected chi connectivity index (χ1v) is 7.10. The van der Waals surface area contributed by atoms with Crippen LogP contribution in [0.15, 0.2) is 46.9 Å². The fourth-order valence-corrected chi connectivity index (χ4v) is 2.84. The van der Waals surface area contributed by atoms with Crippen LogP contribution >= 0.6 is 15.9 Å². The molecule has 0 aliphatic carbocycles. The Bertz CT molecular complexity index is 649. The number of hydrogen-bond donors (Lipinski definition) is 0. The Labute approximate surface area is 121 Å². The van der Waals surface area contributed by atoms with Gasteiger partial charge in [-0.25, -0.2) is 0 Å². The molecule has 0 atom stereocenters. The molecule has 2 aromatic rings. The van der Waals surface area contributed by atoms with Crippen LogP contribution in [0.1, 0.15) is 11.1 Å². The fourth-order valence-electron chi connectivity index (χ4n) is 2.45. The van der Waals surface area contributed by atoms with Crippen molar-refractivity contribution in [2.24, 2.45) is 0 Å². The van der Waals surface area contributed by atoms with Crippen molar-refractivity contribution in [3.8, 4) is 5.75 Å². The van der Waals surface area contributed by atoms with Gasteiger partial charge >= 0.3 is 0 Å². The molecule has 0 fully saturated rings. The number of methoxy groups -OCH3 is 1. The zero-order valence-corrected chi connectivity index (χ0v) is 12.4. The van der Waals surface area contributed by atoms with Crippen molar-refractivity contribution in [2.45, 2.75) is 6.42 Å². The van der Waals surface area contributed by atoms with Crippen LogP contribution in [-0.4, -0.2) is 24.4 Å². The van der Waals surface area contributed by atoms with Gasteiger partial charge in [0, 0.05) is 23.0 Å². The summed E-state index contributed by atoms with van der Waals surface area (Å²) in [5.74, 6) is 0.942. The molecule has 96 valence electrons. The molecule has 3 rings (SSSR count). The Balaban J connectivity index is 2.08. The van der Waals surface area contributed by atoms with Gasteiger partial charge in [-0.2, -0.15) is 4.58 Å². The summed E-state index contributed by atoms with van der Waals surface area (Å²) >= 11 is 3.52. The van der Waals surface area contributed by atoms with E-state index < -0.39 is 0 Å². The van der Waals surface area contributed by atoms with Gasteiger partial charge in [-0.15, -0.1) is 0 Å². The van der Waals surface area contributed by atoms with E-state index in [4.69, 9.17) is 4.74 Å². The molecular weight excluding hydrogens is 302 g/mol. The quantitative estimate of drug-likeness (QED) is 0.768. The van der Waals surface area contributed by atoms with Gasteiger partial charge in [0.15, 0.2) is 12.8 Å². The minimum atomic E-state index is 0.942. The second kappa shape index (κ2) is 5.17. The average Bonchev–Trinajstić information content (AvgIpc) is 2.46. The summed E-state index contributed by atoms with van der Waals surface area (Å²) in [6.07, 6.45) is 3.22. The molecule has 2 aromatic carbocycles. The van der Waals surface area contributed by atoms with Crippen LogP contribution in [0.5, 0.6) is 5.75 Å². The van der Waals surface area contributed by atoms with Crippen molar-refractivity contribution in [1.82, 2.24) is 0 Å². The van der Waals surface area contributed by atoms with Gasteiger partial charge in [0.1, 0.15) is 5.75 Å². The van der Waals surface area contributed by atoms with Crippen LogP contribution in [0.4, 0.5) is 5.69 Å². The average molecular weight is 317 g/mol. The maximum absolute atomic E-state index is 5.45. The molecule has 19 heavy (non-hydrogen) atoms. The van der Waals surface area contributed by atoms with E-state index in [-0.39, 0.29) is 0 Å². The third-order valence-corrected chi connectivity index (χ3v) is 3.92. The molecule has 1 aliphatic rings. The van der Waals surface area contributed by atoms with Gasteiger partial charge in [0.25, 0.3) is 0 Å². The van der Waals surface area contributed by atoms with Crippen LogP contribution < -0.4 is 4.74 Å². The molecule has 0 saturated heterocycles. The lowest BCUT2D eigenvalue weighted by molar-refractivity contribution is -0.436. The van der Waals surface area contributed by atoms with Gasteiger partial charge in [-0.1, -0.05) is 34.1 Å². The van der Waals surface area contributed by atoms with E-state index in [1.54, 1.807) is 7.11 Å². The lowest BCUT2D eigenvalue weighted by Crippen LogP contribution is -2.19. The van der Waals surface area contributed by atoms with Crippen molar-refractivity contribution < 1.29 is 9.31 Å². The van der Waals surface area contributed by atoms with E-state index in [1.807, 2.05) is 12.1 Å². The monoisotopic (exact) mass is 316 g/mol. The van der Waals surface area contributed by atoms with E-state index in [0.29, 0.717) is 0 Å². The van der Waals surface area contributed by atoms with Crippen LogP contribution in [0, 0.1) is 0 Å². The molecule has 0 aromatic heterocycles. The third kappa shape index (κ3) is 2.43. The molecule has 2 nitrogen and oxygen atoms in total. The highest BCUT2D eigenvalue weighted by Gasteiger charge is 2.20.